The molecule has 39 heavy (non-hydrogen) atoms. The molecule has 198 valence electrons. The maximum absolute atomic E-state index is 13.5. The number of H-pyrrole nitrogens is 1. The van der Waals surface area contributed by atoms with Gasteiger partial charge in [-0.05, 0) is 72.1 Å². The van der Waals surface area contributed by atoms with Crippen molar-refractivity contribution in [2.45, 2.75) is 25.4 Å². The molecule has 6 rings (SSSR count). The van der Waals surface area contributed by atoms with Crippen LogP contribution in [0.3, 0.4) is 0 Å². The van der Waals surface area contributed by atoms with E-state index >= 15 is 0 Å². The number of aromatic nitrogens is 4. The van der Waals surface area contributed by atoms with E-state index in [9.17, 15) is 4.79 Å². The molecule has 1 aliphatic rings. The molecule has 0 bridgehead atoms. The monoisotopic (exact) mass is 561 g/mol. The fourth-order valence-electron chi connectivity index (χ4n) is 4.98. The maximum Gasteiger partial charge on any atom is 0.416 e. The lowest BCUT2D eigenvalue weighted by Gasteiger charge is -2.35. The van der Waals surface area contributed by atoms with Crippen LogP contribution in [0.25, 0.3) is 10.9 Å². The number of halogens is 2. The van der Waals surface area contributed by atoms with E-state index < -0.39 is 6.09 Å². The van der Waals surface area contributed by atoms with Gasteiger partial charge in [-0.3, -0.25) is 9.58 Å². The van der Waals surface area contributed by atoms with Crippen molar-refractivity contribution in [3.05, 3.63) is 106 Å². The van der Waals surface area contributed by atoms with Gasteiger partial charge in [-0.25, -0.2) is 4.79 Å². The smallest absolute Gasteiger partial charge is 0.416 e. The number of carbonyl (C=O) groups is 1. The average Bonchev–Trinajstić information content (AvgIpc) is 3.60. The van der Waals surface area contributed by atoms with Gasteiger partial charge in [-0.2, -0.15) is 0 Å². The topological polar surface area (TPSA) is 85.3 Å². The van der Waals surface area contributed by atoms with Gasteiger partial charge in [0.2, 0.25) is 0 Å². The molecule has 1 atom stereocenters. The molecule has 1 amide bonds. The van der Waals surface area contributed by atoms with Crippen molar-refractivity contribution >= 4 is 40.2 Å². The first kappa shape index (κ1) is 25.3. The highest BCUT2D eigenvalue weighted by Gasteiger charge is 2.35. The van der Waals surface area contributed by atoms with Crippen molar-refractivity contribution in [1.82, 2.24) is 24.9 Å². The van der Waals surface area contributed by atoms with E-state index in [1.54, 1.807) is 40.0 Å². The van der Waals surface area contributed by atoms with Crippen LogP contribution in [0.1, 0.15) is 29.3 Å². The SMILES string of the molecule is O=C(Oc1ccc(Cl)cc1)N1CCc2c([nH]c3ccc(Cl)cc23)[C@H]1c1ccc(OCCCn2ccnn2)cc1. The van der Waals surface area contributed by atoms with Crippen LogP contribution in [0.4, 0.5) is 4.79 Å². The third-order valence-corrected chi connectivity index (χ3v) is 7.30. The van der Waals surface area contributed by atoms with E-state index in [0.717, 1.165) is 46.4 Å². The number of fused-ring (bicyclic) bond motifs is 3. The van der Waals surface area contributed by atoms with Crippen LogP contribution in [-0.2, 0) is 13.0 Å². The second-order valence-corrected chi connectivity index (χ2v) is 10.2. The molecule has 3 aromatic carbocycles. The summed E-state index contributed by atoms with van der Waals surface area (Å²) < 4.78 is 13.5. The van der Waals surface area contributed by atoms with Gasteiger partial charge in [-0.1, -0.05) is 40.5 Å². The van der Waals surface area contributed by atoms with Crippen LogP contribution >= 0.6 is 23.2 Å². The molecule has 1 aliphatic heterocycles. The van der Waals surface area contributed by atoms with Gasteiger partial charge in [0.05, 0.1) is 12.8 Å². The van der Waals surface area contributed by atoms with Crippen molar-refractivity contribution in [2.75, 3.05) is 13.2 Å². The Kier molecular flexibility index (Phi) is 7.13. The number of hydrogen-bond donors (Lipinski definition) is 1. The van der Waals surface area contributed by atoms with Gasteiger partial charge in [0.15, 0.2) is 0 Å². The lowest BCUT2D eigenvalue weighted by Crippen LogP contribution is -2.42. The molecule has 3 heterocycles. The standard InChI is InChI=1S/C29H25Cl2N5O3/c30-20-4-9-23(10-5-20)39-29(37)36-15-12-24-25-18-21(31)6-11-26(25)33-27(24)28(36)19-2-7-22(8-3-19)38-17-1-14-35-16-13-32-34-35/h2-11,13,16,18,28,33H,1,12,14-15,17H2/t28-/m1/s1. The molecule has 0 aliphatic carbocycles. The fraction of sp³-hybridized carbons (Fsp3) is 0.207. The highest BCUT2D eigenvalue weighted by Crippen LogP contribution is 2.40. The lowest BCUT2D eigenvalue weighted by atomic mass is 9.92. The van der Waals surface area contributed by atoms with Gasteiger partial charge in [0.1, 0.15) is 17.5 Å². The first-order chi connectivity index (χ1) is 19.0. The number of aromatic amines is 1. The zero-order valence-corrected chi connectivity index (χ0v) is 22.4. The molecule has 0 fully saturated rings. The number of nitrogens with zero attached hydrogens (tertiary/aromatic N) is 4. The Morgan fingerprint density at radius 2 is 1.77 bits per heavy atom. The second-order valence-electron chi connectivity index (χ2n) is 9.31. The summed E-state index contributed by atoms with van der Waals surface area (Å²) in [6.45, 7) is 1.78. The number of amides is 1. The molecule has 0 unspecified atom stereocenters. The minimum atomic E-state index is -0.432. The van der Waals surface area contributed by atoms with Gasteiger partial charge < -0.3 is 14.5 Å². The summed E-state index contributed by atoms with van der Waals surface area (Å²) >= 11 is 12.3. The zero-order chi connectivity index (χ0) is 26.8. The summed E-state index contributed by atoms with van der Waals surface area (Å²) in [5.74, 6) is 1.19. The van der Waals surface area contributed by atoms with Crippen molar-refractivity contribution in [3.8, 4) is 11.5 Å². The highest BCUT2D eigenvalue weighted by molar-refractivity contribution is 6.31. The molecule has 0 radical (unpaired) electrons. The third kappa shape index (κ3) is 5.44. The van der Waals surface area contributed by atoms with Gasteiger partial charge in [0.25, 0.3) is 0 Å². The number of rotatable bonds is 7. The van der Waals surface area contributed by atoms with Crippen LogP contribution in [-0.4, -0.2) is 44.1 Å². The van der Waals surface area contributed by atoms with Crippen molar-refractivity contribution in [2.24, 2.45) is 0 Å². The molecule has 5 aromatic rings. The second kappa shape index (κ2) is 11.0. The first-order valence-corrected chi connectivity index (χ1v) is 13.4. The van der Waals surface area contributed by atoms with Crippen LogP contribution in [0.15, 0.2) is 79.1 Å². The van der Waals surface area contributed by atoms with Gasteiger partial charge in [-0.15, -0.1) is 5.10 Å². The number of aryl methyl sites for hydroxylation is 1. The number of carbonyl (C=O) groups excluding carboxylic acids is 1. The average molecular weight is 562 g/mol. The largest absolute Gasteiger partial charge is 0.494 e. The third-order valence-electron chi connectivity index (χ3n) is 6.81. The molecule has 2 aromatic heterocycles. The van der Waals surface area contributed by atoms with E-state index in [1.165, 1.54) is 0 Å². The highest BCUT2D eigenvalue weighted by atomic mass is 35.5. The number of ether oxygens (including phenoxy) is 2. The Morgan fingerprint density at radius 1 is 1.00 bits per heavy atom. The van der Waals surface area contributed by atoms with Crippen molar-refractivity contribution < 1.29 is 14.3 Å². The molecular formula is C29H25Cl2N5O3. The Hall–Kier alpha value is -4.01. The molecule has 0 saturated heterocycles. The molecule has 1 N–H and O–H groups in total. The summed E-state index contributed by atoms with van der Waals surface area (Å²) in [6, 6.07) is 20.0. The van der Waals surface area contributed by atoms with E-state index in [2.05, 4.69) is 15.3 Å². The van der Waals surface area contributed by atoms with E-state index in [0.29, 0.717) is 35.4 Å². The molecule has 0 saturated carbocycles. The van der Waals surface area contributed by atoms with E-state index in [4.69, 9.17) is 32.7 Å². The van der Waals surface area contributed by atoms with Gasteiger partial charge >= 0.3 is 6.09 Å². The Morgan fingerprint density at radius 3 is 2.54 bits per heavy atom. The van der Waals surface area contributed by atoms with Crippen molar-refractivity contribution in [3.63, 3.8) is 0 Å². The lowest BCUT2D eigenvalue weighted by molar-refractivity contribution is 0.135. The number of nitrogens with one attached hydrogen (secondary N) is 1. The van der Waals surface area contributed by atoms with Crippen LogP contribution < -0.4 is 9.47 Å². The maximum atomic E-state index is 13.5. The zero-order valence-electron chi connectivity index (χ0n) is 20.9. The summed E-state index contributed by atoms with van der Waals surface area (Å²) in [6.07, 6.45) is 4.54. The Bertz CT molecular complexity index is 1580. The fourth-order valence-corrected chi connectivity index (χ4v) is 5.28. The van der Waals surface area contributed by atoms with Crippen molar-refractivity contribution in [1.29, 1.82) is 0 Å². The summed E-state index contributed by atoms with van der Waals surface area (Å²) in [7, 11) is 0. The summed E-state index contributed by atoms with van der Waals surface area (Å²) in [4.78, 5) is 18.8. The summed E-state index contributed by atoms with van der Waals surface area (Å²) in [5, 5.41) is 10.1. The molecule has 0 spiro atoms. The predicted octanol–water partition coefficient (Wildman–Crippen LogP) is 6.68. The first-order valence-electron chi connectivity index (χ1n) is 12.7. The Balaban J connectivity index is 1.26. The van der Waals surface area contributed by atoms with Gasteiger partial charge in [0, 0.05) is 52.3 Å². The van der Waals surface area contributed by atoms with Crippen LogP contribution in [0, 0.1) is 0 Å². The number of benzene rings is 3. The predicted molar refractivity (Wildman–Crippen MR) is 150 cm³/mol. The van der Waals surface area contributed by atoms with E-state index in [1.807, 2.05) is 48.7 Å². The Labute approximate surface area is 235 Å². The molecule has 8 nitrogen and oxygen atoms in total. The van der Waals surface area contributed by atoms with Crippen LogP contribution in [0.2, 0.25) is 10.0 Å². The minimum absolute atomic E-state index is 0.374. The van der Waals surface area contributed by atoms with E-state index in [-0.39, 0.29) is 6.04 Å². The molecular weight excluding hydrogens is 537 g/mol. The normalized spacial score (nSPS) is 14.8. The molecule has 10 heteroatoms. The minimum Gasteiger partial charge on any atom is -0.494 e. The quantitative estimate of drug-likeness (QED) is 0.224. The number of hydrogen-bond acceptors (Lipinski definition) is 5. The summed E-state index contributed by atoms with van der Waals surface area (Å²) in [5.41, 5.74) is 4.03. The van der Waals surface area contributed by atoms with Crippen LogP contribution in [0.5, 0.6) is 11.5 Å².